The van der Waals surface area contributed by atoms with Gasteiger partial charge in [0.05, 0.1) is 0 Å². The third-order valence-corrected chi connectivity index (χ3v) is 1.66. The summed E-state index contributed by atoms with van der Waals surface area (Å²) in [5, 5.41) is 3.20. The molecular formula is C6H13N2. The summed E-state index contributed by atoms with van der Waals surface area (Å²) in [7, 11) is 2.14. The fourth-order valence-electron chi connectivity index (χ4n) is 0.826. The first-order chi connectivity index (χ1) is 3.80. The molecule has 8 heavy (non-hydrogen) atoms. The topological polar surface area (TPSA) is 15.3 Å². The van der Waals surface area contributed by atoms with Gasteiger partial charge in [-0.2, -0.15) is 0 Å². The van der Waals surface area contributed by atoms with E-state index < -0.39 is 0 Å². The highest BCUT2D eigenvalue weighted by Gasteiger charge is 2.12. The van der Waals surface area contributed by atoms with E-state index in [1.165, 1.54) is 0 Å². The zero-order valence-electron chi connectivity index (χ0n) is 5.52. The van der Waals surface area contributed by atoms with Crippen molar-refractivity contribution in [3.63, 3.8) is 0 Å². The van der Waals surface area contributed by atoms with Crippen molar-refractivity contribution in [2.24, 2.45) is 0 Å². The van der Waals surface area contributed by atoms with Crippen LogP contribution >= 0.6 is 0 Å². The smallest absolute Gasteiger partial charge is 0.0390 e. The van der Waals surface area contributed by atoms with Crippen molar-refractivity contribution in [2.75, 3.05) is 20.1 Å². The summed E-state index contributed by atoms with van der Waals surface area (Å²) >= 11 is 0. The van der Waals surface area contributed by atoms with Crippen LogP contribution in [-0.4, -0.2) is 31.1 Å². The van der Waals surface area contributed by atoms with Gasteiger partial charge in [-0.3, -0.25) is 0 Å². The minimum atomic E-state index is 0.601. The number of likely N-dealkylation sites (N-methyl/N-ethyl adjacent to an activating group) is 1. The van der Waals surface area contributed by atoms with Crippen LogP contribution in [0.5, 0.6) is 0 Å². The van der Waals surface area contributed by atoms with Crippen LogP contribution in [-0.2, 0) is 0 Å². The molecule has 0 bridgehead atoms. The number of nitrogens with one attached hydrogen (secondary N) is 1. The van der Waals surface area contributed by atoms with Crippen molar-refractivity contribution in [2.45, 2.75) is 13.0 Å². The molecule has 1 unspecified atom stereocenters. The van der Waals surface area contributed by atoms with Crippen LogP contribution in [0.25, 0.3) is 0 Å². The molecule has 1 heterocycles. The lowest BCUT2D eigenvalue weighted by molar-refractivity contribution is 0.245. The molecule has 1 radical (unpaired) electrons. The van der Waals surface area contributed by atoms with Gasteiger partial charge in [-0.15, -0.1) is 0 Å². The number of rotatable bonds is 0. The van der Waals surface area contributed by atoms with Crippen molar-refractivity contribution in [1.82, 2.24) is 10.2 Å². The molecule has 1 fully saturated rings. The number of nitrogens with zero attached hydrogens (tertiary/aromatic N) is 1. The van der Waals surface area contributed by atoms with Crippen molar-refractivity contribution >= 4 is 0 Å². The molecule has 1 saturated heterocycles. The SMILES string of the molecule is CC1[CH]NCCN1C. The number of hydrogen-bond donors (Lipinski definition) is 1. The highest BCUT2D eigenvalue weighted by Crippen LogP contribution is 1.99. The van der Waals surface area contributed by atoms with Crippen molar-refractivity contribution in [3.05, 3.63) is 6.54 Å². The number of hydrogen-bond acceptors (Lipinski definition) is 2. The first kappa shape index (κ1) is 6.05. The predicted octanol–water partition coefficient (Wildman–Crippen LogP) is 0.0717. The van der Waals surface area contributed by atoms with E-state index in [2.05, 4.69) is 30.7 Å². The van der Waals surface area contributed by atoms with E-state index in [9.17, 15) is 0 Å². The van der Waals surface area contributed by atoms with Crippen LogP contribution in [0.4, 0.5) is 0 Å². The van der Waals surface area contributed by atoms with Crippen LogP contribution in [0, 0.1) is 6.54 Å². The quantitative estimate of drug-likeness (QED) is 0.478. The Morgan fingerprint density at radius 3 is 2.88 bits per heavy atom. The Hall–Kier alpha value is -0.0800. The summed E-state index contributed by atoms with van der Waals surface area (Å²) in [5.74, 6) is 0. The molecule has 2 heteroatoms. The Balaban J connectivity index is 2.28. The van der Waals surface area contributed by atoms with Gasteiger partial charge in [0.25, 0.3) is 0 Å². The molecular weight excluding hydrogens is 100 g/mol. The lowest BCUT2D eigenvalue weighted by Gasteiger charge is -2.29. The van der Waals surface area contributed by atoms with Crippen LogP contribution < -0.4 is 5.32 Å². The predicted molar refractivity (Wildman–Crippen MR) is 34.4 cm³/mol. The van der Waals surface area contributed by atoms with Crippen LogP contribution in [0.15, 0.2) is 0 Å². The molecule has 47 valence electrons. The lowest BCUT2D eigenvalue weighted by Crippen LogP contribution is -2.44. The van der Waals surface area contributed by atoms with Crippen LogP contribution in [0.1, 0.15) is 6.92 Å². The highest BCUT2D eigenvalue weighted by atomic mass is 15.2. The molecule has 0 spiro atoms. The Labute approximate surface area is 50.9 Å². The van der Waals surface area contributed by atoms with Gasteiger partial charge in [-0.25, -0.2) is 0 Å². The average molecular weight is 113 g/mol. The second-order valence-corrected chi connectivity index (χ2v) is 2.34. The lowest BCUT2D eigenvalue weighted by atomic mass is 10.2. The molecule has 0 saturated carbocycles. The molecule has 0 amide bonds. The molecule has 0 aromatic carbocycles. The van der Waals surface area contributed by atoms with Gasteiger partial charge in [0.2, 0.25) is 0 Å². The third kappa shape index (κ3) is 1.20. The fraction of sp³-hybridized carbons (Fsp3) is 0.833. The third-order valence-electron chi connectivity index (χ3n) is 1.66. The Bertz CT molecular complexity index is 62.9. The van der Waals surface area contributed by atoms with E-state index >= 15 is 0 Å². The van der Waals surface area contributed by atoms with E-state index in [0.717, 1.165) is 13.1 Å². The van der Waals surface area contributed by atoms with E-state index in [1.54, 1.807) is 0 Å². The monoisotopic (exact) mass is 113 g/mol. The molecule has 0 aromatic heterocycles. The van der Waals surface area contributed by atoms with Crippen molar-refractivity contribution in [3.8, 4) is 0 Å². The maximum Gasteiger partial charge on any atom is 0.0390 e. The molecule has 0 aromatic rings. The van der Waals surface area contributed by atoms with Gasteiger partial charge >= 0.3 is 0 Å². The maximum atomic E-state index is 3.20. The van der Waals surface area contributed by atoms with Gasteiger partial charge in [-0.05, 0) is 14.0 Å². The summed E-state index contributed by atoms with van der Waals surface area (Å²) < 4.78 is 0. The summed E-state index contributed by atoms with van der Waals surface area (Å²) in [5.41, 5.74) is 0. The average Bonchev–Trinajstić information content (AvgIpc) is 1.77. The van der Waals surface area contributed by atoms with E-state index in [-0.39, 0.29) is 0 Å². The second kappa shape index (κ2) is 2.46. The minimum Gasteiger partial charge on any atom is -0.310 e. The highest BCUT2D eigenvalue weighted by molar-refractivity contribution is 4.82. The summed E-state index contributed by atoms with van der Waals surface area (Å²) in [6.07, 6.45) is 0. The Morgan fingerprint density at radius 2 is 2.50 bits per heavy atom. The molecule has 1 N–H and O–H groups in total. The summed E-state index contributed by atoms with van der Waals surface area (Å²) in [6.45, 7) is 6.58. The number of piperazine rings is 1. The molecule has 1 aliphatic heterocycles. The van der Waals surface area contributed by atoms with Gasteiger partial charge in [0, 0.05) is 25.7 Å². The van der Waals surface area contributed by atoms with E-state index in [4.69, 9.17) is 0 Å². The normalized spacial score (nSPS) is 33.0. The van der Waals surface area contributed by atoms with Gasteiger partial charge in [0.1, 0.15) is 0 Å². The van der Waals surface area contributed by atoms with Crippen LogP contribution in [0.2, 0.25) is 0 Å². The maximum absolute atomic E-state index is 3.20. The molecule has 1 atom stereocenters. The van der Waals surface area contributed by atoms with Crippen LogP contribution in [0.3, 0.4) is 0 Å². The van der Waals surface area contributed by atoms with Gasteiger partial charge in [0.15, 0.2) is 0 Å². The first-order valence-electron chi connectivity index (χ1n) is 3.07. The van der Waals surface area contributed by atoms with Crippen molar-refractivity contribution in [1.29, 1.82) is 0 Å². The molecule has 2 nitrogen and oxygen atoms in total. The minimum absolute atomic E-state index is 0.601. The Kier molecular flexibility index (Phi) is 1.86. The van der Waals surface area contributed by atoms with E-state index in [0.29, 0.717) is 6.04 Å². The zero-order valence-corrected chi connectivity index (χ0v) is 5.52. The second-order valence-electron chi connectivity index (χ2n) is 2.34. The van der Waals surface area contributed by atoms with Gasteiger partial charge < -0.3 is 10.2 Å². The Morgan fingerprint density at radius 1 is 1.75 bits per heavy atom. The molecule has 1 aliphatic rings. The summed E-state index contributed by atoms with van der Waals surface area (Å²) in [6, 6.07) is 0.601. The summed E-state index contributed by atoms with van der Waals surface area (Å²) in [4.78, 5) is 2.32. The van der Waals surface area contributed by atoms with Gasteiger partial charge in [-0.1, -0.05) is 0 Å². The zero-order chi connectivity index (χ0) is 5.98. The van der Waals surface area contributed by atoms with Crippen molar-refractivity contribution < 1.29 is 0 Å². The molecule has 1 rings (SSSR count). The first-order valence-corrected chi connectivity index (χ1v) is 3.07. The molecule has 0 aliphatic carbocycles. The fourth-order valence-corrected chi connectivity index (χ4v) is 0.826. The largest absolute Gasteiger partial charge is 0.310 e. The van der Waals surface area contributed by atoms with E-state index in [1.807, 2.05) is 0 Å². The standard InChI is InChI=1S/C6H13N2/c1-6-5-7-3-4-8(6)2/h5-7H,3-4H2,1-2H3.